The Balaban J connectivity index is 2.29. The number of carbonyl (C=O) groups excluding carboxylic acids is 1. The van der Waals surface area contributed by atoms with Crippen molar-refractivity contribution in [3.8, 4) is 0 Å². The molecule has 0 aromatic carbocycles. The number of aliphatic hydroxyl groups excluding tert-OH is 1. The van der Waals surface area contributed by atoms with Gasteiger partial charge in [0.15, 0.2) is 0 Å². The van der Waals surface area contributed by atoms with E-state index in [4.69, 9.17) is 5.11 Å². The fourth-order valence-electron chi connectivity index (χ4n) is 1.96. The van der Waals surface area contributed by atoms with Gasteiger partial charge in [-0.05, 0) is 39.7 Å². The van der Waals surface area contributed by atoms with Crippen LogP contribution in [0.5, 0.6) is 0 Å². The summed E-state index contributed by atoms with van der Waals surface area (Å²) in [6.07, 6.45) is 2.74. The first-order valence-electron chi connectivity index (χ1n) is 5.50. The minimum Gasteiger partial charge on any atom is -0.393 e. The molecule has 1 rings (SSSR count). The fourth-order valence-corrected chi connectivity index (χ4v) is 1.96. The highest BCUT2D eigenvalue weighted by molar-refractivity contribution is 5.78. The van der Waals surface area contributed by atoms with E-state index in [1.807, 2.05) is 6.92 Å². The molecule has 14 heavy (non-hydrogen) atoms. The van der Waals surface area contributed by atoms with Crippen LogP contribution in [-0.4, -0.2) is 41.5 Å². The molecule has 1 heterocycles. The molecular formula is C11H21NO2. The number of hydrogen-bond acceptors (Lipinski definition) is 3. The lowest BCUT2D eigenvalue weighted by Gasteiger charge is -2.31. The zero-order valence-corrected chi connectivity index (χ0v) is 9.20. The van der Waals surface area contributed by atoms with Gasteiger partial charge in [-0.25, -0.2) is 0 Å². The van der Waals surface area contributed by atoms with Gasteiger partial charge in [-0.2, -0.15) is 0 Å². The van der Waals surface area contributed by atoms with E-state index in [2.05, 4.69) is 4.90 Å². The Morgan fingerprint density at radius 2 is 2.36 bits per heavy atom. The summed E-state index contributed by atoms with van der Waals surface area (Å²) < 4.78 is 0. The van der Waals surface area contributed by atoms with Crippen LogP contribution in [-0.2, 0) is 4.79 Å². The molecule has 0 radical (unpaired) electrons. The molecule has 0 spiro atoms. The molecule has 1 saturated heterocycles. The van der Waals surface area contributed by atoms with Crippen LogP contribution in [0, 0.1) is 5.92 Å². The quantitative estimate of drug-likeness (QED) is 0.736. The van der Waals surface area contributed by atoms with Crippen LogP contribution < -0.4 is 0 Å². The Hall–Kier alpha value is -0.410. The number of Topliss-reactive ketones (excluding diaryl/α,β-unsaturated/α-hetero) is 1. The van der Waals surface area contributed by atoms with Crippen LogP contribution in [0.15, 0.2) is 0 Å². The number of nitrogens with zero attached hydrogens (tertiary/aromatic N) is 1. The van der Waals surface area contributed by atoms with Crippen LogP contribution >= 0.6 is 0 Å². The van der Waals surface area contributed by atoms with Crippen molar-refractivity contribution in [3.05, 3.63) is 0 Å². The predicted octanol–water partition coefficient (Wildman–Crippen LogP) is 1.06. The van der Waals surface area contributed by atoms with Crippen LogP contribution in [0.1, 0.15) is 33.1 Å². The molecule has 1 fully saturated rings. The molecular weight excluding hydrogens is 178 g/mol. The monoisotopic (exact) mass is 199 g/mol. The first-order valence-corrected chi connectivity index (χ1v) is 5.50. The number of likely N-dealkylation sites (tertiary alicyclic amines) is 1. The molecule has 0 amide bonds. The molecule has 3 heteroatoms. The van der Waals surface area contributed by atoms with Crippen molar-refractivity contribution in [2.24, 2.45) is 5.92 Å². The second kappa shape index (κ2) is 5.47. The summed E-state index contributed by atoms with van der Waals surface area (Å²) in [5.41, 5.74) is 0. The van der Waals surface area contributed by atoms with Crippen molar-refractivity contribution in [2.45, 2.75) is 39.2 Å². The van der Waals surface area contributed by atoms with Crippen molar-refractivity contribution in [1.82, 2.24) is 4.90 Å². The maximum absolute atomic E-state index is 11.2. The molecule has 82 valence electrons. The zero-order chi connectivity index (χ0) is 10.6. The first kappa shape index (κ1) is 11.7. The summed E-state index contributed by atoms with van der Waals surface area (Å²) in [6.45, 7) is 6.38. The summed E-state index contributed by atoms with van der Waals surface area (Å²) in [7, 11) is 0. The van der Waals surface area contributed by atoms with Gasteiger partial charge in [-0.3, -0.25) is 4.79 Å². The van der Waals surface area contributed by atoms with Crippen LogP contribution in [0.3, 0.4) is 0 Å². The zero-order valence-electron chi connectivity index (χ0n) is 9.20. The maximum Gasteiger partial charge on any atom is 0.134 e. The minimum absolute atomic E-state index is 0.229. The highest BCUT2D eigenvalue weighted by atomic mass is 16.3. The van der Waals surface area contributed by atoms with E-state index < -0.39 is 0 Å². The van der Waals surface area contributed by atoms with Gasteiger partial charge in [0.2, 0.25) is 0 Å². The van der Waals surface area contributed by atoms with Gasteiger partial charge >= 0.3 is 0 Å². The summed E-state index contributed by atoms with van der Waals surface area (Å²) in [5, 5.41) is 9.16. The molecule has 0 aromatic rings. The molecule has 1 aliphatic heterocycles. The molecule has 1 N–H and O–H groups in total. The molecule has 0 aliphatic carbocycles. The lowest BCUT2D eigenvalue weighted by molar-refractivity contribution is -0.122. The molecule has 2 unspecified atom stereocenters. The number of carbonyl (C=O) groups is 1. The average molecular weight is 199 g/mol. The van der Waals surface area contributed by atoms with Crippen molar-refractivity contribution < 1.29 is 9.90 Å². The smallest absolute Gasteiger partial charge is 0.134 e. The van der Waals surface area contributed by atoms with Gasteiger partial charge in [0.25, 0.3) is 0 Å². The van der Waals surface area contributed by atoms with Gasteiger partial charge < -0.3 is 10.0 Å². The Morgan fingerprint density at radius 3 is 2.93 bits per heavy atom. The third kappa shape index (κ3) is 3.76. The molecule has 0 saturated carbocycles. The summed E-state index contributed by atoms with van der Waals surface area (Å²) in [4.78, 5) is 13.5. The largest absolute Gasteiger partial charge is 0.393 e. The fraction of sp³-hybridized carbons (Fsp3) is 0.909. The maximum atomic E-state index is 11.2. The SMILES string of the molecule is CC(=O)C1CCCN(CCC(C)O)C1. The van der Waals surface area contributed by atoms with Gasteiger partial charge in [-0.1, -0.05) is 0 Å². The van der Waals surface area contributed by atoms with Crippen molar-refractivity contribution in [3.63, 3.8) is 0 Å². The second-order valence-corrected chi connectivity index (χ2v) is 4.39. The standard InChI is InChI=1S/C11H21NO2/c1-9(13)5-7-12-6-3-4-11(8-12)10(2)14/h9,11,13H,3-8H2,1-2H3. The predicted molar refractivity (Wildman–Crippen MR) is 56.1 cm³/mol. The highest BCUT2D eigenvalue weighted by Gasteiger charge is 2.22. The summed E-state index contributed by atoms with van der Waals surface area (Å²) in [6, 6.07) is 0. The van der Waals surface area contributed by atoms with E-state index in [-0.39, 0.29) is 12.0 Å². The summed E-state index contributed by atoms with van der Waals surface area (Å²) in [5.74, 6) is 0.546. The normalized spacial score (nSPS) is 26.1. The lowest BCUT2D eigenvalue weighted by Crippen LogP contribution is -2.39. The minimum atomic E-state index is -0.229. The van der Waals surface area contributed by atoms with E-state index >= 15 is 0 Å². The van der Waals surface area contributed by atoms with E-state index in [0.29, 0.717) is 5.78 Å². The van der Waals surface area contributed by atoms with Crippen LogP contribution in [0.4, 0.5) is 0 Å². The second-order valence-electron chi connectivity index (χ2n) is 4.39. The van der Waals surface area contributed by atoms with Crippen molar-refractivity contribution >= 4 is 5.78 Å². The van der Waals surface area contributed by atoms with Gasteiger partial charge in [-0.15, -0.1) is 0 Å². The summed E-state index contributed by atoms with van der Waals surface area (Å²) >= 11 is 0. The third-order valence-corrected chi connectivity index (χ3v) is 2.94. The third-order valence-electron chi connectivity index (χ3n) is 2.94. The molecule has 1 aliphatic rings. The number of ketones is 1. The number of aliphatic hydroxyl groups is 1. The Kier molecular flexibility index (Phi) is 4.55. The molecule has 0 bridgehead atoms. The Labute approximate surface area is 86.1 Å². The van der Waals surface area contributed by atoms with E-state index in [1.54, 1.807) is 6.92 Å². The lowest BCUT2D eigenvalue weighted by atomic mass is 9.94. The van der Waals surface area contributed by atoms with Crippen LogP contribution in [0.2, 0.25) is 0 Å². The highest BCUT2D eigenvalue weighted by Crippen LogP contribution is 2.17. The van der Waals surface area contributed by atoms with Gasteiger partial charge in [0.1, 0.15) is 5.78 Å². The molecule has 3 nitrogen and oxygen atoms in total. The topological polar surface area (TPSA) is 40.5 Å². The Morgan fingerprint density at radius 1 is 1.64 bits per heavy atom. The van der Waals surface area contributed by atoms with E-state index in [1.165, 1.54) is 0 Å². The van der Waals surface area contributed by atoms with Crippen molar-refractivity contribution in [1.29, 1.82) is 0 Å². The van der Waals surface area contributed by atoms with Gasteiger partial charge in [0, 0.05) is 19.0 Å². The number of hydrogen-bond donors (Lipinski definition) is 1. The van der Waals surface area contributed by atoms with Crippen LogP contribution in [0.25, 0.3) is 0 Å². The first-order chi connectivity index (χ1) is 6.59. The molecule has 0 aromatic heterocycles. The average Bonchev–Trinajstić information content (AvgIpc) is 2.15. The van der Waals surface area contributed by atoms with E-state index in [0.717, 1.165) is 38.9 Å². The number of piperidine rings is 1. The van der Waals surface area contributed by atoms with E-state index in [9.17, 15) is 4.79 Å². The Bertz CT molecular complexity index is 192. The van der Waals surface area contributed by atoms with Gasteiger partial charge in [0.05, 0.1) is 6.10 Å². The number of rotatable bonds is 4. The molecule has 2 atom stereocenters. The van der Waals surface area contributed by atoms with Crippen molar-refractivity contribution in [2.75, 3.05) is 19.6 Å².